The highest BCUT2D eigenvalue weighted by molar-refractivity contribution is 8.14. The van der Waals surface area contributed by atoms with Crippen LogP contribution in [-0.2, 0) is 19.2 Å². The number of benzene rings is 2. The molecule has 7 N–H and O–H groups in total. The molecule has 2 rings (SSSR count). The van der Waals surface area contributed by atoms with Crippen molar-refractivity contribution in [2.75, 3.05) is 17.6 Å². The smallest absolute Gasteiger partial charge is 0.322 e. The van der Waals surface area contributed by atoms with E-state index in [0.29, 0.717) is 11.3 Å². The highest BCUT2D eigenvalue weighted by Gasteiger charge is 2.24. The number of rotatable bonds is 13. The molecule has 0 aromatic heterocycles. The molecule has 11 nitrogen and oxygen atoms in total. The number of aliphatic carboxylic acids is 2. The Morgan fingerprint density at radius 1 is 0.973 bits per heavy atom. The van der Waals surface area contributed by atoms with Crippen LogP contribution >= 0.6 is 11.8 Å². The summed E-state index contributed by atoms with van der Waals surface area (Å²) in [5.74, 6) is -4.17. The van der Waals surface area contributed by atoms with Crippen LogP contribution in [0.1, 0.15) is 34.3 Å². The van der Waals surface area contributed by atoms with Crippen LogP contribution in [0.15, 0.2) is 42.5 Å². The molecule has 2 aromatic carbocycles. The fourth-order valence-corrected chi connectivity index (χ4v) is 4.07. The molecule has 0 radical (unpaired) electrons. The van der Waals surface area contributed by atoms with E-state index in [2.05, 4.69) is 16.0 Å². The third kappa shape index (κ3) is 9.24. The normalized spacial score (nSPS) is 12.2. The number of aryl methyl sites for hydroxylation is 1. The van der Waals surface area contributed by atoms with Crippen LogP contribution in [0, 0.1) is 13.8 Å². The molecule has 12 heteroatoms. The first-order chi connectivity index (χ1) is 17.5. The Morgan fingerprint density at radius 3 is 2.32 bits per heavy atom. The average Bonchev–Trinajstić information content (AvgIpc) is 2.86. The first-order valence-corrected chi connectivity index (χ1v) is 12.3. The molecule has 0 heterocycles. The van der Waals surface area contributed by atoms with Crippen LogP contribution in [-0.4, -0.2) is 63.5 Å². The predicted molar refractivity (Wildman–Crippen MR) is 140 cm³/mol. The minimum absolute atomic E-state index is 0.159. The second-order valence-electron chi connectivity index (χ2n) is 8.23. The molecule has 0 spiro atoms. The quantitative estimate of drug-likeness (QED) is 0.223. The third-order valence-corrected chi connectivity index (χ3v) is 6.45. The lowest BCUT2D eigenvalue weighted by Gasteiger charge is -2.18. The molecule has 0 aliphatic rings. The molecule has 2 atom stereocenters. The molecule has 0 fully saturated rings. The second-order valence-corrected chi connectivity index (χ2v) is 9.22. The lowest BCUT2D eigenvalue weighted by atomic mass is 10.1. The van der Waals surface area contributed by atoms with E-state index in [4.69, 9.17) is 15.9 Å². The van der Waals surface area contributed by atoms with Crippen LogP contribution < -0.4 is 21.7 Å². The van der Waals surface area contributed by atoms with Gasteiger partial charge in [0.15, 0.2) is 0 Å². The van der Waals surface area contributed by atoms with Crippen LogP contribution in [0.3, 0.4) is 0 Å². The molecule has 2 amide bonds. The van der Waals surface area contributed by atoms with Gasteiger partial charge >= 0.3 is 11.9 Å². The molecular weight excluding hydrogens is 500 g/mol. The summed E-state index contributed by atoms with van der Waals surface area (Å²) in [6.45, 7) is 3.27. The Kier molecular flexibility index (Phi) is 11.1. The fraction of sp³-hybridized carbons (Fsp3) is 0.320. The van der Waals surface area contributed by atoms with Crippen molar-refractivity contribution >= 4 is 52.0 Å². The van der Waals surface area contributed by atoms with E-state index in [9.17, 15) is 24.0 Å². The molecule has 37 heavy (non-hydrogen) atoms. The molecule has 0 saturated heterocycles. The maximum Gasteiger partial charge on any atom is 0.322 e. The van der Waals surface area contributed by atoms with E-state index < -0.39 is 42.4 Å². The molecule has 0 unspecified atom stereocenters. The van der Waals surface area contributed by atoms with Crippen molar-refractivity contribution in [2.45, 2.75) is 38.8 Å². The van der Waals surface area contributed by atoms with Gasteiger partial charge in [0.2, 0.25) is 16.9 Å². The Morgan fingerprint density at radius 2 is 1.65 bits per heavy atom. The van der Waals surface area contributed by atoms with Gasteiger partial charge in [-0.05, 0) is 49.6 Å². The highest BCUT2D eigenvalue weighted by atomic mass is 32.2. The number of carbonyl (C=O) groups is 5. The summed E-state index contributed by atoms with van der Waals surface area (Å²) < 4.78 is 0. The van der Waals surface area contributed by atoms with Gasteiger partial charge in [-0.25, -0.2) is 0 Å². The van der Waals surface area contributed by atoms with Crippen LogP contribution in [0.2, 0.25) is 0 Å². The van der Waals surface area contributed by atoms with Crippen molar-refractivity contribution in [1.29, 1.82) is 0 Å². The number of hydrogen-bond acceptors (Lipinski definition) is 8. The number of thioether (sulfide) groups is 1. The second kappa shape index (κ2) is 14.0. The van der Waals surface area contributed by atoms with Crippen molar-refractivity contribution in [1.82, 2.24) is 10.6 Å². The minimum atomic E-state index is -1.28. The molecule has 0 aliphatic carbocycles. The van der Waals surface area contributed by atoms with E-state index in [0.717, 1.165) is 28.6 Å². The van der Waals surface area contributed by atoms with Gasteiger partial charge in [-0.15, -0.1) is 0 Å². The van der Waals surface area contributed by atoms with Crippen molar-refractivity contribution in [3.8, 4) is 0 Å². The summed E-state index contributed by atoms with van der Waals surface area (Å²) >= 11 is 0.783. The first-order valence-electron chi connectivity index (χ1n) is 11.4. The summed E-state index contributed by atoms with van der Waals surface area (Å²) in [6.07, 6.45) is -0.425. The Bertz CT molecular complexity index is 1170. The van der Waals surface area contributed by atoms with Gasteiger partial charge in [-0.1, -0.05) is 36.0 Å². The zero-order valence-electron chi connectivity index (χ0n) is 20.4. The lowest BCUT2D eigenvalue weighted by molar-refractivity contribution is -0.139. The van der Waals surface area contributed by atoms with Crippen molar-refractivity contribution in [3.63, 3.8) is 0 Å². The van der Waals surface area contributed by atoms with Crippen molar-refractivity contribution in [2.24, 2.45) is 5.73 Å². The molecule has 0 aliphatic heterocycles. The number of carboxylic acid groups (broad SMARTS) is 2. The van der Waals surface area contributed by atoms with E-state index >= 15 is 0 Å². The Balaban J connectivity index is 2.12. The predicted octanol–water partition coefficient (Wildman–Crippen LogP) is 1.80. The molecular formula is C25H30N4O7S. The summed E-state index contributed by atoms with van der Waals surface area (Å²) in [5.41, 5.74) is 9.27. The van der Waals surface area contributed by atoms with E-state index in [1.54, 1.807) is 24.3 Å². The number of anilines is 2. The van der Waals surface area contributed by atoms with Gasteiger partial charge in [0.05, 0.1) is 11.3 Å². The van der Waals surface area contributed by atoms with Gasteiger partial charge in [0.25, 0.3) is 0 Å². The van der Waals surface area contributed by atoms with E-state index in [1.165, 1.54) is 0 Å². The van der Waals surface area contributed by atoms with E-state index in [1.807, 2.05) is 32.0 Å². The SMILES string of the molecule is Cc1cccc(Nc2ccccc2C(=O)SC[C@H](NC(=O)CC[C@H](N)C(=O)O)C(=O)NCC(=O)O)c1C. The maximum atomic E-state index is 13.1. The van der Waals surface area contributed by atoms with Gasteiger partial charge in [-0.2, -0.15) is 0 Å². The average molecular weight is 531 g/mol. The first kappa shape index (κ1) is 29.3. The number of nitrogens with one attached hydrogen (secondary N) is 3. The van der Waals surface area contributed by atoms with Gasteiger partial charge in [0.1, 0.15) is 18.6 Å². The number of carbonyl (C=O) groups excluding carboxylic acids is 3. The monoisotopic (exact) mass is 530 g/mol. The largest absolute Gasteiger partial charge is 0.480 e. The number of carboxylic acids is 2. The van der Waals surface area contributed by atoms with Crippen molar-refractivity contribution in [3.05, 3.63) is 59.2 Å². The lowest BCUT2D eigenvalue weighted by Crippen LogP contribution is -2.49. The third-order valence-electron chi connectivity index (χ3n) is 5.47. The van der Waals surface area contributed by atoms with Crippen LogP contribution in [0.25, 0.3) is 0 Å². The zero-order chi connectivity index (χ0) is 27.5. The standard InChI is InChI=1S/C25H30N4O7S/c1-14-6-5-9-18(15(14)2)28-19-8-4-3-7-16(19)25(36)37-13-20(23(33)27-12-22(31)32)29-21(30)11-10-17(26)24(34)35/h3-9,17,20,28H,10-13,26H2,1-2H3,(H,27,33)(H,29,30)(H,31,32)(H,34,35)/t17-,20-/m0/s1. The summed E-state index contributed by atoms with van der Waals surface area (Å²) in [7, 11) is 0. The van der Waals surface area contributed by atoms with Crippen LogP contribution in [0.5, 0.6) is 0 Å². The number of hydrogen-bond donors (Lipinski definition) is 6. The Hall–Kier alpha value is -3.90. The van der Waals surface area contributed by atoms with Crippen LogP contribution in [0.4, 0.5) is 11.4 Å². The minimum Gasteiger partial charge on any atom is -0.480 e. The summed E-state index contributed by atoms with van der Waals surface area (Å²) in [4.78, 5) is 59.6. The molecule has 198 valence electrons. The maximum absolute atomic E-state index is 13.1. The number of amides is 2. The van der Waals surface area contributed by atoms with Gasteiger partial charge in [-0.3, -0.25) is 24.0 Å². The van der Waals surface area contributed by atoms with Crippen molar-refractivity contribution < 1.29 is 34.2 Å². The molecule has 2 aromatic rings. The highest BCUT2D eigenvalue weighted by Crippen LogP contribution is 2.27. The Labute approximate surface area is 218 Å². The topological polar surface area (TPSA) is 188 Å². The molecule has 0 saturated carbocycles. The van der Waals surface area contributed by atoms with E-state index in [-0.39, 0.29) is 23.7 Å². The van der Waals surface area contributed by atoms with Gasteiger partial charge in [0, 0.05) is 17.9 Å². The summed E-state index contributed by atoms with van der Waals surface area (Å²) in [6, 6.07) is 10.1. The molecule has 0 bridgehead atoms. The summed E-state index contributed by atoms with van der Waals surface area (Å²) in [5, 5.41) is 25.2. The number of para-hydroxylation sites is 1. The van der Waals surface area contributed by atoms with Gasteiger partial charge < -0.3 is 31.9 Å². The number of nitrogens with two attached hydrogens (primary N) is 1. The fourth-order valence-electron chi connectivity index (χ4n) is 3.18. The zero-order valence-corrected chi connectivity index (χ0v) is 21.3.